The lowest BCUT2D eigenvalue weighted by Gasteiger charge is -2.21. The van der Waals surface area contributed by atoms with Gasteiger partial charge in [0.25, 0.3) is 0 Å². The summed E-state index contributed by atoms with van der Waals surface area (Å²) in [5.74, 6) is 11.4. The largest absolute Gasteiger partial charge is 0.496 e. The van der Waals surface area contributed by atoms with Gasteiger partial charge >= 0.3 is 0 Å². The SMILES string of the molecule is COc1cc2c(cc1-c1c(C)noc1C)[nH]c1nc(C)nc(-c3cc(NCCN(C)C)nc4ccccc34)c12.COc1cc2c(cc1-c1c(C)noc1C)[nH]c1nc(C)nc(-c3cccc4c3OCCO4)c12.COc1cc2c(cc1-c1c(C)noc1C)[nH]c1nc(C)nc(-c3ccnc(OC(C)C)c3)c12.COc1cc2c(cc1-c1c(C)noc1C)[nH]c1nc(C)nc(-c3ccnc4ncccc34)c12. The summed E-state index contributed by atoms with van der Waals surface area (Å²) in [7, 11) is 10.8. The third-order valence-corrected chi connectivity index (χ3v) is 24.5. The summed E-state index contributed by atoms with van der Waals surface area (Å²) in [5, 5.41) is 29.5. The molecule has 0 fully saturated rings. The normalized spacial score (nSPS) is 12.0. The van der Waals surface area contributed by atoms with Crippen LogP contribution in [0.5, 0.6) is 40.4 Å². The van der Waals surface area contributed by atoms with Crippen LogP contribution in [0.1, 0.15) is 83.0 Å². The van der Waals surface area contributed by atoms with Crippen LogP contribution in [0.25, 0.3) is 199 Å². The van der Waals surface area contributed by atoms with Gasteiger partial charge in [0.1, 0.15) is 111 Å². The molecule has 138 heavy (non-hydrogen) atoms. The summed E-state index contributed by atoms with van der Waals surface area (Å²) >= 11 is 0. The Kier molecular flexibility index (Phi) is 23.3. The van der Waals surface area contributed by atoms with Crippen molar-refractivity contribution < 1.29 is 51.3 Å². The number of aryl methyl sites for hydroxylation is 12. The van der Waals surface area contributed by atoms with E-state index in [0.29, 0.717) is 53.8 Å². The molecule has 0 saturated heterocycles. The van der Waals surface area contributed by atoms with E-state index in [-0.39, 0.29) is 6.10 Å². The van der Waals surface area contributed by atoms with Crippen LogP contribution in [-0.2, 0) is 0 Å². The molecule has 17 heterocycles. The lowest BCUT2D eigenvalue weighted by Crippen LogP contribution is -2.21. The fourth-order valence-corrected chi connectivity index (χ4v) is 18.6. The molecule has 16 aromatic heterocycles. The van der Waals surface area contributed by atoms with Crippen molar-refractivity contribution in [1.29, 1.82) is 0 Å². The van der Waals surface area contributed by atoms with E-state index in [1.54, 1.807) is 47.0 Å². The van der Waals surface area contributed by atoms with Gasteiger partial charge in [-0.1, -0.05) is 44.9 Å². The van der Waals surface area contributed by atoms with E-state index in [9.17, 15) is 0 Å². The van der Waals surface area contributed by atoms with Gasteiger partial charge in [0.15, 0.2) is 17.1 Å². The zero-order valence-corrected chi connectivity index (χ0v) is 79.9. The molecule has 0 bridgehead atoms. The monoisotopic (exact) mass is 1840 g/mol. The molecule has 0 saturated carbocycles. The molecule has 1 aliphatic rings. The van der Waals surface area contributed by atoms with Gasteiger partial charge in [-0.25, -0.2) is 59.8 Å². The third-order valence-electron chi connectivity index (χ3n) is 24.5. The maximum absolute atomic E-state index is 5.99. The second-order valence-corrected chi connectivity index (χ2v) is 34.5. The Morgan fingerprint density at radius 3 is 1.23 bits per heavy atom. The van der Waals surface area contributed by atoms with Gasteiger partial charge in [-0.05, 0) is 208 Å². The van der Waals surface area contributed by atoms with Crippen LogP contribution in [-0.4, -0.2) is 180 Å². The maximum Gasteiger partial charge on any atom is 0.214 e. The number of ether oxygens (including phenoxy) is 7. The molecule has 694 valence electrons. The fourth-order valence-electron chi connectivity index (χ4n) is 18.6. The van der Waals surface area contributed by atoms with Gasteiger partial charge < -0.3 is 81.4 Å². The number of nitrogens with zero attached hydrogens (tertiary/aromatic N) is 17. The first-order valence-corrected chi connectivity index (χ1v) is 45.0. The Morgan fingerprint density at radius 1 is 0.377 bits per heavy atom. The summed E-state index contributed by atoms with van der Waals surface area (Å²) in [6, 6.07) is 42.3. The lowest BCUT2D eigenvalue weighted by molar-refractivity contribution is 0.172. The standard InChI is InChI=1S/C30H31N7O2.C25H20N6O2.C25H25N5O3.C25H22N4O4/c1-16-27(17(2)39-36-16)22-13-24-21(14-25(22)38-6)28-29(32-18(3)33-30(28)35-24)20-15-26(31-11-12-37(4)5)34-23-10-8-7-9-19(20)23;1-12-21(13(2)33-31-12)18-10-19-17(11-20(18)32-4)22-23(28-14(3)29-25(22)30-19)15-7-9-27-24-16(15)6-5-8-26-24;1-12(2)32-21-9-16(7-8-26-21)24-23-17-11-20(31-6)18(22-13(3)30-33-14(22)4)10-19(17)29-25(23)28-15(5)27-24;1-12-21(13(2)33-29-12)17-10-18-16(11-20(17)30-4)22-23(26-14(3)27-25(22)28-18)15-6-5-7-19-24(15)32-9-8-31-19/h7-10,13-15H,11-12H2,1-6H3,(H,31,34)(H,32,33,35);5-11H,1-4H3,(H,28,29,30);7-12H,1-6H3,(H,27,28,29);5-7,10-11H,8-9H2,1-4H3,(H,26,27,28). The van der Waals surface area contributed by atoms with Crippen LogP contribution in [0, 0.1) is 83.1 Å². The smallest absolute Gasteiger partial charge is 0.214 e. The van der Waals surface area contributed by atoms with E-state index in [1.165, 1.54) is 0 Å². The molecular weight excluding hydrogens is 1750 g/mol. The number of aromatic amines is 4. The van der Waals surface area contributed by atoms with Crippen molar-refractivity contribution >= 4 is 115 Å². The van der Waals surface area contributed by atoms with Gasteiger partial charge in [0.2, 0.25) is 5.88 Å². The predicted molar refractivity (Wildman–Crippen MR) is 532 cm³/mol. The van der Waals surface area contributed by atoms with Crippen LogP contribution in [0.15, 0.2) is 164 Å². The van der Waals surface area contributed by atoms with E-state index >= 15 is 0 Å². The van der Waals surface area contributed by atoms with E-state index < -0.39 is 0 Å². The molecule has 33 heteroatoms. The third kappa shape index (κ3) is 16.2. The highest BCUT2D eigenvalue weighted by molar-refractivity contribution is 6.19. The number of fused-ring (bicyclic) bond motifs is 15. The first kappa shape index (κ1) is 89.0. The molecule has 1 aliphatic heterocycles. The summed E-state index contributed by atoms with van der Waals surface area (Å²) < 4.78 is 62.5. The Hall–Kier alpha value is -16.8. The molecule has 0 atom stereocenters. The topological polar surface area (TPSA) is 402 Å². The highest BCUT2D eigenvalue weighted by Crippen LogP contribution is 2.50. The van der Waals surface area contributed by atoms with Gasteiger partial charge in [0.05, 0.1) is 129 Å². The van der Waals surface area contributed by atoms with Crippen LogP contribution in [0.3, 0.4) is 0 Å². The second-order valence-electron chi connectivity index (χ2n) is 34.5. The molecule has 22 aromatic rings. The van der Waals surface area contributed by atoms with Crippen LogP contribution in [0.2, 0.25) is 0 Å². The number of aromatic nitrogens is 20. The van der Waals surface area contributed by atoms with Crippen LogP contribution in [0.4, 0.5) is 5.82 Å². The van der Waals surface area contributed by atoms with Gasteiger partial charge in [-0.2, -0.15) is 0 Å². The zero-order chi connectivity index (χ0) is 95.9. The quantitative estimate of drug-likeness (QED) is 0.0532. The number of methoxy groups -OCH3 is 4. The Balaban J connectivity index is 0.000000114. The number of benzene rings is 6. The first-order valence-electron chi connectivity index (χ1n) is 45.0. The number of para-hydroxylation sites is 2. The van der Waals surface area contributed by atoms with Crippen LogP contribution >= 0.6 is 0 Å². The van der Waals surface area contributed by atoms with E-state index in [1.807, 2.05) is 182 Å². The molecule has 5 N–H and O–H groups in total. The Labute approximate surface area is 789 Å². The number of anilines is 1. The highest BCUT2D eigenvalue weighted by Gasteiger charge is 2.30. The second kappa shape index (κ2) is 36.2. The molecule has 0 amide bonds. The number of likely N-dealkylation sites (N-methyl/N-ethyl adjacent to an activating group) is 1. The molecule has 23 rings (SSSR count). The summed E-state index contributed by atoms with van der Waals surface area (Å²) in [6.45, 7) is 29.6. The highest BCUT2D eigenvalue weighted by atomic mass is 16.6. The van der Waals surface area contributed by atoms with E-state index in [4.69, 9.17) is 86.1 Å². The molecule has 6 aromatic carbocycles. The molecule has 33 nitrogen and oxygen atoms in total. The molecule has 0 spiro atoms. The van der Waals surface area contributed by atoms with Crippen molar-refractivity contribution in [3.8, 4) is 130 Å². The predicted octanol–water partition coefficient (Wildman–Crippen LogP) is 21.9. The average molecular weight is 1840 g/mol. The van der Waals surface area contributed by atoms with E-state index in [2.05, 4.69) is 132 Å². The average Bonchev–Trinajstić information content (AvgIpc) is 1.58. The minimum atomic E-state index is 0.0278. The minimum Gasteiger partial charge on any atom is -0.496 e. The number of H-pyrrole nitrogens is 4. The van der Waals surface area contributed by atoms with Crippen molar-refractivity contribution in [1.82, 2.24) is 105 Å². The first-order chi connectivity index (χ1) is 66.8. The van der Waals surface area contributed by atoms with Crippen molar-refractivity contribution in [3.05, 3.63) is 215 Å². The molecule has 0 radical (unpaired) electrons. The van der Waals surface area contributed by atoms with Crippen molar-refractivity contribution in [2.45, 2.75) is 103 Å². The summed E-state index contributed by atoms with van der Waals surface area (Å²) in [4.78, 5) is 72.4. The number of pyridine rings is 4. The molecular formula is C105H98N22O11. The summed E-state index contributed by atoms with van der Waals surface area (Å²) in [6.07, 6.45) is 5.27. The number of hydrogen-bond acceptors (Lipinski definition) is 29. The van der Waals surface area contributed by atoms with Gasteiger partial charge in [-0.3, -0.25) is 0 Å². The summed E-state index contributed by atoms with van der Waals surface area (Å²) in [5.41, 5.74) is 26.0. The van der Waals surface area contributed by atoms with Gasteiger partial charge in [-0.15, -0.1) is 0 Å². The van der Waals surface area contributed by atoms with Crippen molar-refractivity contribution in [3.63, 3.8) is 0 Å². The Morgan fingerprint density at radius 2 is 0.790 bits per heavy atom. The number of nitrogens with one attached hydrogen (secondary N) is 5. The number of hydrogen-bond donors (Lipinski definition) is 5. The van der Waals surface area contributed by atoms with Gasteiger partial charge in [0, 0.05) is 137 Å². The maximum atomic E-state index is 5.99. The van der Waals surface area contributed by atoms with Crippen LogP contribution < -0.4 is 38.5 Å². The zero-order valence-electron chi connectivity index (χ0n) is 79.9. The fraction of sp³-hybridized carbons (Fsp3) is 0.238. The van der Waals surface area contributed by atoms with Crippen molar-refractivity contribution in [2.24, 2.45) is 0 Å². The Bertz CT molecular complexity index is 8490. The minimum absolute atomic E-state index is 0.0278. The number of rotatable bonds is 18. The molecule has 0 unspecified atom stereocenters. The van der Waals surface area contributed by atoms with Crippen molar-refractivity contribution in [2.75, 3.05) is 74.2 Å². The van der Waals surface area contributed by atoms with E-state index in [0.717, 1.165) is 287 Å². The lowest BCUT2D eigenvalue weighted by atomic mass is 9.98. The molecule has 0 aliphatic carbocycles.